The van der Waals surface area contributed by atoms with E-state index in [-0.39, 0.29) is 17.4 Å². The van der Waals surface area contributed by atoms with Crippen molar-refractivity contribution >= 4 is 5.91 Å². The monoisotopic (exact) mass is 287 g/mol. The molecular weight excluding hydrogens is 258 g/mol. The van der Waals surface area contributed by atoms with Crippen LogP contribution in [0, 0.1) is 34.5 Å². The molecule has 0 saturated heterocycles. The summed E-state index contributed by atoms with van der Waals surface area (Å²) in [4.78, 5) is 12.5. The van der Waals surface area contributed by atoms with Gasteiger partial charge in [0, 0.05) is 6.42 Å². The molecule has 4 aliphatic rings. The van der Waals surface area contributed by atoms with Crippen molar-refractivity contribution in [3.05, 3.63) is 0 Å². The van der Waals surface area contributed by atoms with E-state index in [0.29, 0.717) is 17.3 Å². The number of amides is 1. The summed E-state index contributed by atoms with van der Waals surface area (Å²) in [5.74, 6) is 3.69. The van der Waals surface area contributed by atoms with Gasteiger partial charge in [0.05, 0.1) is 6.04 Å². The van der Waals surface area contributed by atoms with Crippen LogP contribution < -0.4 is 5.32 Å². The highest BCUT2D eigenvalue weighted by Gasteiger charge is 2.60. The molecule has 4 rings (SSSR count). The Morgan fingerprint density at radius 1 is 1.24 bits per heavy atom. The third-order valence-corrected chi connectivity index (χ3v) is 6.22. The third-order valence-electron chi connectivity index (χ3n) is 6.22. The van der Waals surface area contributed by atoms with Gasteiger partial charge in [-0.05, 0) is 67.1 Å². The fourth-order valence-electron chi connectivity index (χ4n) is 6.73. The number of hydrogen-bond acceptors (Lipinski definition) is 1. The molecule has 0 aromatic rings. The molecule has 0 aliphatic heterocycles. The van der Waals surface area contributed by atoms with Crippen LogP contribution in [0.1, 0.15) is 72.1 Å². The highest BCUT2D eigenvalue weighted by atomic mass is 16.1. The van der Waals surface area contributed by atoms with E-state index in [9.17, 15) is 4.79 Å². The second kappa shape index (κ2) is 4.77. The van der Waals surface area contributed by atoms with Crippen molar-refractivity contribution in [1.82, 2.24) is 5.32 Å². The maximum atomic E-state index is 12.5. The number of carbonyl (C=O) groups is 1. The average molecular weight is 287 g/mol. The quantitative estimate of drug-likeness (QED) is 0.781. The third kappa shape index (κ3) is 2.72. The Hall–Kier alpha value is -0.970. The van der Waals surface area contributed by atoms with E-state index in [0.717, 1.165) is 12.3 Å². The van der Waals surface area contributed by atoms with Crippen molar-refractivity contribution < 1.29 is 4.79 Å². The van der Waals surface area contributed by atoms with Gasteiger partial charge in [0.15, 0.2) is 0 Å². The molecule has 3 unspecified atom stereocenters. The van der Waals surface area contributed by atoms with Gasteiger partial charge >= 0.3 is 0 Å². The standard InChI is InChI=1S/C19H29NO/c1-5-15(6-2)20-16(21)10-19-9-14-7-17(3,12-19)11-18(4,8-14)13-19/h1,14-15H,6-13H2,2-4H3,(H,20,21). The first-order chi connectivity index (χ1) is 9.79. The van der Waals surface area contributed by atoms with Crippen LogP contribution in [0.4, 0.5) is 0 Å². The van der Waals surface area contributed by atoms with E-state index < -0.39 is 0 Å². The van der Waals surface area contributed by atoms with E-state index >= 15 is 0 Å². The number of carbonyl (C=O) groups excluding carboxylic acids is 1. The van der Waals surface area contributed by atoms with E-state index in [1.54, 1.807) is 0 Å². The van der Waals surface area contributed by atoms with Gasteiger partial charge in [-0.3, -0.25) is 4.79 Å². The zero-order chi connectivity index (χ0) is 15.3. The maximum absolute atomic E-state index is 12.5. The van der Waals surface area contributed by atoms with Gasteiger partial charge in [-0.25, -0.2) is 0 Å². The van der Waals surface area contributed by atoms with Gasteiger partial charge in [0.2, 0.25) is 5.91 Å². The summed E-state index contributed by atoms with van der Waals surface area (Å²) < 4.78 is 0. The van der Waals surface area contributed by atoms with Gasteiger partial charge in [0.25, 0.3) is 0 Å². The van der Waals surface area contributed by atoms with Crippen LogP contribution in [-0.4, -0.2) is 11.9 Å². The molecule has 116 valence electrons. The van der Waals surface area contributed by atoms with Crippen molar-refractivity contribution in [2.45, 2.75) is 78.2 Å². The van der Waals surface area contributed by atoms with Crippen LogP contribution in [0.5, 0.6) is 0 Å². The van der Waals surface area contributed by atoms with Gasteiger partial charge in [-0.1, -0.05) is 26.7 Å². The molecule has 0 heterocycles. The Balaban J connectivity index is 1.73. The largest absolute Gasteiger partial charge is 0.342 e. The van der Waals surface area contributed by atoms with Crippen molar-refractivity contribution in [3.8, 4) is 12.3 Å². The normalized spacial score (nSPS) is 45.1. The Morgan fingerprint density at radius 3 is 2.33 bits per heavy atom. The molecule has 0 spiro atoms. The van der Waals surface area contributed by atoms with Gasteiger partial charge in [-0.15, -0.1) is 6.42 Å². The van der Waals surface area contributed by atoms with Crippen LogP contribution in [0.15, 0.2) is 0 Å². The molecule has 0 radical (unpaired) electrons. The van der Waals surface area contributed by atoms with Gasteiger partial charge in [0.1, 0.15) is 0 Å². The number of hydrogen-bond donors (Lipinski definition) is 1. The highest BCUT2D eigenvalue weighted by Crippen LogP contribution is 2.70. The minimum atomic E-state index is -0.0995. The van der Waals surface area contributed by atoms with Crippen LogP contribution in [-0.2, 0) is 4.79 Å². The second-order valence-corrected chi connectivity index (χ2v) is 9.00. The number of nitrogens with one attached hydrogen (secondary N) is 1. The summed E-state index contributed by atoms with van der Waals surface area (Å²) in [6.07, 6.45) is 14.8. The molecular formula is C19H29NO. The zero-order valence-corrected chi connectivity index (χ0v) is 13.8. The van der Waals surface area contributed by atoms with Crippen molar-refractivity contribution in [2.24, 2.45) is 22.2 Å². The topological polar surface area (TPSA) is 29.1 Å². The average Bonchev–Trinajstić information content (AvgIpc) is 2.30. The van der Waals surface area contributed by atoms with Crippen LogP contribution in [0.25, 0.3) is 0 Å². The van der Waals surface area contributed by atoms with E-state index in [1.165, 1.54) is 38.5 Å². The lowest BCUT2D eigenvalue weighted by Gasteiger charge is -2.65. The predicted octanol–water partition coefficient (Wildman–Crippen LogP) is 3.90. The predicted molar refractivity (Wildman–Crippen MR) is 85.5 cm³/mol. The molecule has 3 atom stereocenters. The number of rotatable bonds is 4. The minimum Gasteiger partial charge on any atom is -0.342 e. The minimum absolute atomic E-state index is 0.0995. The summed E-state index contributed by atoms with van der Waals surface area (Å²) in [5, 5.41) is 3.04. The molecule has 4 aliphatic carbocycles. The molecule has 4 fully saturated rings. The van der Waals surface area contributed by atoms with E-state index in [4.69, 9.17) is 6.42 Å². The molecule has 4 bridgehead atoms. The smallest absolute Gasteiger partial charge is 0.221 e. The Labute approximate surface area is 129 Å². The van der Waals surface area contributed by atoms with Crippen LogP contribution in [0.2, 0.25) is 0 Å². The van der Waals surface area contributed by atoms with Crippen LogP contribution >= 0.6 is 0 Å². The Morgan fingerprint density at radius 2 is 1.86 bits per heavy atom. The van der Waals surface area contributed by atoms with E-state index in [2.05, 4.69) is 25.1 Å². The fraction of sp³-hybridized carbons (Fsp3) is 0.842. The maximum Gasteiger partial charge on any atom is 0.221 e. The summed E-state index contributed by atoms with van der Waals surface area (Å²) in [5.41, 5.74) is 1.20. The van der Waals surface area contributed by atoms with Crippen molar-refractivity contribution in [3.63, 3.8) is 0 Å². The second-order valence-electron chi connectivity index (χ2n) is 9.00. The first-order valence-corrected chi connectivity index (χ1v) is 8.55. The number of terminal acetylenes is 1. The Bertz CT molecular complexity index is 470. The molecule has 1 N–H and O–H groups in total. The lowest BCUT2D eigenvalue weighted by atomic mass is 9.40. The highest BCUT2D eigenvalue weighted by molar-refractivity contribution is 5.77. The SMILES string of the molecule is C#CC(CC)NC(=O)CC12CC3CC(C)(CC(C)(C3)C1)C2. The summed E-state index contributed by atoms with van der Waals surface area (Å²) in [6.45, 7) is 6.94. The lowest BCUT2D eigenvalue weighted by molar-refractivity contribution is -0.156. The molecule has 21 heavy (non-hydrogen) atoms. The molecule has 2 heteroatoms. The van der Waals surface area contributed by atoms with Crippen LogP contribution in [0.3, 0.4) is 0 Å². The van der Waals surface area contributed by atoms with E-state index in [1.807, 2.05) is 6.92 Å². The van der Waals surface area contributed by atoms with Crippen molar-refractivity contribution in [2.75, 3.05) is 0 Å². The zero-order valence-electron chi connectivity index (χ0n) is 13.8. The van der Waals surface area contributed by atoms with Gasteiger partial charge < -0.3 is 5.32 Å². The molecule has 2 nitrogen and oxygen atoms in total. The lowest BCUT2D eigenvalue weighted by Crippen LogP contribution is -2.56. The first-order valence-electron chi connectivity index (χ1n) is 8.55. The summed E-state index contributed by atoms with van der Waals surface area (Å²) >= 11 is 0. The van der Waals surface area contributed by atoms with Crippen molar-refractivity contribution in [1.29, 1.82) is 0 Å². The molecule has 1 amide bonds. The fourth-order valence-corrected chi connectivity index (χ4v) is 6.73. The Kier molecular flexibility index (Phi) is 3.39. The summed E-state index contributed by atoms with van der Waals surface area (Å²) in [7, 11) is 0. The van der Waals surface area contributed by atoms with Gasteiger partial charge in [-0.2, -0.15) is 0 Å². The molecule has 0 aromatic heterocycles. The molecule has 4 saturated carbocycles. The first kappa shape index (κ1) is 14.9. The molecule has 0 aromatic carbocycles. The summed E-state index contributed by atoms with van der Waals surface area (Å²) in [6, 6.07) is -0.0995.